The van der Waals surface area contributed by atoms with E-state index >= 15 is 0 Å². The topological polar surface area (TPSA) is 376 Å². The number of hydrogen-bond acceptors (Lipinski definition) is 21. The molecule has 0 aliphatic carbocycles. The highest BCUT2D eigenvalue weighted by Crippen LogP contribution is 2.40. The van der Waals surface area contributed by atoms with Gasteiger partial charge in [-0.15, -0.1) is 0 Å². The number of nitrogens with zero attached hydrogens (tertiary/aromatic N) is 11. The van der Waals surface area contributed by atoms with E-state index in [4.69, 9.17) is 19.1 Å². The van der Waals surface area contributed by atoms with Crippen LogP contribution in [0.4, 0.5) is 48.6 Å². The summed E-state index contributed by atoms with van der Waals surface area (Å²) in [6.07, 6.45) is 0.439. The van der Waals surface area contributed by atoms with Crippen molar-refractivity contribution >= 4 is 73.3 Å². The minimum absolute atomic E-state index is 0.0905. The molecule has 490 valence electrons. The van der Waals surface area contributed by atoms with Crippen molar-refractivity contribution in [2.45, 2.75) is 33.0 Å². The Morgan fingerprint density at radius 2 is 0.990 bits per heavy atom. The Bertz CT molecular complexity index is 4860. The van der Waals surface area contributed by atoms with Crippen LogP contribution >= 0.6 is 0 Å². The maximum Gasteiger partial charge on any atom is 0.341 e. The van der Waals surface area contributed by atoms with Gasteiger partial charge in [-0.3, -0.25) is 44.8 Å². The lowest BCUT2D eigenvalue weighted by Crippen LogP contribution is -2.23. The van der Waals surface area contributed by atoms with Crippen molar-refractivity contribution in [2.24, 2.45) is 10.6 Å². The number of nitro groups is 3. The molecule has 0 aliphatic heterocycles. The Morgan fingerprint density at radius 3 is 1.50 bits per heavy atom. The van der Waals surface area contributed by atoms with Gasteiger partial charge in [0.2, 0.25) is 16.3 Å². The third-order valence-corrected chi connectivity index (χ3v) is 14.3. The van der Waals surface area contributed by atoms with Crippen molar-refractivity contribution in [3.8, 4) is 11.5 Å². The van der Waals surface area contributed by atoms with Crippen LogP contribution < -0.4 is 31.4 Å². The zero-order valence-electron chi connectivity index (χ0n) is 51.6. The van der Waals surface area contributed by atoms with Crippen LogP contribution in [0.3, 0.4) is 0 Å². The minimum Gasteiger partial charge on any atom is -0.569 e. The number of aryl methyl sites for hydroxylation is 1. The fourth-order valence-corrected chi connectivity index (χ4v) is 9.24. The molecule has 96 heavy (non-hydrogen) atoms. The van der Waals surface area contributed by atoms with Gasteiger partial charge in [-0.1, -0.05) is 72.8 Å². The number of nitrogens with one attached hydrogen (secondary N) is 4. The smallest absolute Gasteiger partial charge is 0.341 e. The van der Waals surface area contributed by atoms with E-state index in [1.54, 1.807) is 112 Å². The molecule has 30 nitrogen and oxygen atoms in total. The largest absolute Gasteiger partial charge is 0.569 e. The molecule has 0 saturated heterocycles. The first kappa shape index (κ1) is 67.2. The van der Waals surface area contributed by atoms with Gasteiger partial charge in [0.05, 0.1) is 81.2 Å². The highest BCUT2D eigenvalue weighted by molar-refractivity contribution is 5.91. The van der Waals surface area contributed by atoms with Crippen LogP contribution in [0.2, 0.25) is 0 Å². The van der Waals surface area contributed by atoms with E-state index in [1.165, 1.54) is 79.5 Å². The summed E-state index contributed by atoms with van der Waals surface area (Å²) in [6, 6.07) is 39.3. The van der Waals surface area contributed by atoms with Crippen LogP contribution in [0.1, 0.15) is 59.9 Å². The van der Waals surface area contributed by atoms with Gasteiger partial charge in [0.25, 0.3) is 22.5 Å². The molecular formula is C64H56F2N15O15+. The quantitative estimate of drug-likeness (QED) is 0.0152. The number of nitro benzene ring substituents is 3. The number of hydrazine groups is 2. The summed E-state index contributed by atoms with van der Waals surface area (Å²) in [5.74, 6) is -3.58. The SMILES string of the molecule is CN(C)/[N+](C)=N/Oc1cc(Nc2cccc(COC(=O)c3cc(Cc4n[nH]c(=O)c5ccccc45)ccc3F)c2)c([N+](=O)[O-])cc1[N+](=O)[O-].Cc1cc([N+](=O)[O-])c(Nc2ccc(COC(=O)c3cc(Cc4n[nH]c(=O)c5ccccc45)ccc3F)cc2)cc1O/N=[N+](\[O-])N(C)C. The zero-order chi connectivity index (χ0) is 68.9. The van der Waals surface area contributed by atoms with Gasteiger partial charge in [-0.2, -0.15) is 20.2 Å². The number of carbonyl (C=O) groups is 2. The van der Waals surface area contributed by atoms with E-state index in [9.17, 15) is 63.5 Å². The Labute approximate surface area is 540 Å². The summed E-state index contributed by atoms with van der Waals surface area (Å²) in [5.41, 5.74) is 1.67. The number of esters is 2. The molecule has 0 amide bonds. The number of rotatable bonds is 23. The van der Waals surface area contributed by atoms with Crippen molar-refractivity contribution in [2.75, 3.05) is 45.9 Å². The molecule has 0 spiro atoms. The van der Waals surface area contributed by atoms with E-state index in [0.29, 0.717) is 72.1 Å². The lowest BCUT2D eigenvalue weighted by Gasteiger charge is -2.12. The Kier molecular flexibility index (Phi) is 20.9. The molecule has 0 atom stereocenters. The Hall–Kier alpha value is -13.2. The van der Waals surface area contributed by atoms with E-state index in [2.05, 4.69) is 41.6 Å². The van der Waals surface area contributed by atoms with Gasteiger partial charge < -0.3 is 30.2 Å². The monoisotopic (exact) mass is 1310 g/mol. The Balaban J connectivity index is 0.000000226. The molecule has 10 aromatic rings. The van der Waals surface area contributed by atoms with Gasteiger partial charge in [-0.05, 0) is 89.8 Å². The van der Waals surface area contributed by atoms with E-state index in [0.717, 1.165) is 23.2 Å². The number of halogens is 2. The number of aromatic nitrogens is 4. The average molecular weight is 1310 g/mol. The first-order valence-corrected chi connectivity index (χ1v) is 28.5. The second kappa shape index (κ2) is 29.9. The average Bonchev–Trinajstić information content (AvgIpc) is 0.836. The summed E-state index contributed by atoms with van der Waals surface area (Å²) in [7, 11) is 7.76. The van der Waals surface area contributed by atoms with Crippen molar-refractivity contribution in [1.82, 2.24) is 30.4 Å². The molecule has 32 heteroatoms. The lowest BCUT2D eigenvalue weighted by atomic mass is 10.0. The van der Waals surface area contributed by atoms with Crippen LogP contribution in [0, 0.1) is 54.1 Å². The molecule has 0 saturated carbocycles. The summed E-state index contributed by atoms with van der Waals surface area (Å²) in [5, 5.41) is 77.9. The normalized spacial score (nSPS) is 11.2. The van der Waals surface area contributed by atoms with Crippen LogP contribution in [-0.4, -0.2) is 102 Å². The van der Waals surface area contributed by atoms with Gasteiger partial charge in [0, 0.05) is 63.6 Å². The summed E-state index contributed by atoms with van der Waals surface area (Å²) in [4.78, 5) is 94.9. The predicted octanol–water partition coefficient (Wildman–Crippen LogP) is 11.1. The minimum atomic E-state index is -0.934. The van der Waals surface area contributed by atoms with Crippen molar-refractivity contribution < 1.29 is 62.1 Å². The molecule has 0 radical (unpaired) electrons. The van der Waals surface area contributed by atoms with E-state index in [1.807, 2.05) is 0 Å². The van der Waals surface area contributed by atoms with Crippen LogP contribution in [0.15, 0.2) is 178 Å². The molecule has 0 bridgehead atoms. The van der Waals surface area contributed by atoms with Gasteiger partial charge in [0.1, 0.15) is 42.3 Å². The fourth-order valence-electron chi connectivity index (χ4n) is 9.24. The summed E-state index contributed by atoms with van der Waals surface area (Å²) in [6.45, 7) is 1.13. The predicted molar refractivity (Wildman–Crippen MR) is 342 cm³/mol. The van der Waals surface area contributed by atoms with Crippen molar-refractivity contribution in [3.63, 3.8) is 0 Å². The second-order valence-electron chi connectivity index (χ2n) is 21.4. The van der Waals surface area contributed by atoms with Gasteiger partial charge >= 0.3 is 17.6 Å². The van der Waals surface area contributed by atoms with Crippen LogP contribution in [-0.2, 0) is 35.5 Å². The number of H-pyrrole nitrogens is 2. The third kappa shape index (κ3) is 16.5. The highest BCUT2D eigenvalue weighted by Gasteiger charge is 2.28. The maximum atomic E-state index is 14.8. The second-order valence-corrected chi connectivity index (χ2v) is 21.4. The first-order chi connectivity index (χ1) is 45.9. The number of anilines is 4. The van der Waals surface area contributed by atoms with E-state index < -0.39 is 49.7 Å². The molecule has 0 unspecified atom stereocenters. The standard InChI is InChI=1S/C32H27FN8O8.C32H28FN7O7/c1-38(2)39(3)37-49-30-16-27(28(40(44)45)17-29(30)41(46)47)34-21-8-6-7-20(13-21)18-48-32(43)24-14-19(11-12-25(24)33)15-26-22-9-4-5-10-23(22)31(42)36-35-26;1-19-14-29(39(43)44)28(17-30(19)47-37-40(45)38(2)3)34-22-11-8-20(9-12-22)18-46-32(42)25-15-21(10-13-26(25)33)16-27-23-6-4-5-7-24(23)31(41)36-35-27/h4-14,16-17,34H,15,18H2,1-3H3;4-15,17,34H,16,18H2,1-3H3,(H,36,41)/p+1/b39-37+;40-37-. The van der Waals surface area contributed by atoms with Crippen molar-refractivity contribution in [3.05, 3.63) is 276 Å². The molecule has 2 heterocycles. The molecule has 0 aliphatic rings. The zero-order valence-corrected chi connectivity index (χ0v) is 51.6. The van der Waals surface area contributed by atoms with E-state index in [-0.39, 0.29) is 81.8 Å². The lowest BCUT2D eigenvalue weighted by molar-refractivity contribution is -0.725. The van der Waals surface area contributed by atoms with Crippen molar-refractivity contribution in [1.29, 1.82) is 0 Å². The number of ether oxygens (including phenoxy) is 2. The van der Waals surface area contributed by atoms with Gasteiger partial charge in [-0.25, -0.2) is 28.6 Å². The maximum absolute atomic E-state index is 14.8. The first-order valence-electron chi connectivity index (χ1n) is 28.5. The number of fused-ring (bicyclic) bond motifs is 2. The molecule has 4 N–H and O–H groups in total. The molecule has 2 aromatic heterocycles. The summed E-state index contributed by atoms with van der Waals surface area (Å²) >= 11 is 0. The third-order valence-electron chi connectivity index (χ3n) is 14.3. The Morgan fingerprint density at radius 1 is 0.521 bits per heavy atom. The molecular weight excluding hydrogens is 1260 g/mol. The number of benzene rings is 8. The number of carbonyl (C=O) groups excluding carboxylic acids is 2. The fraction of sp³-hybridized carbons (Fsp3) is 0.156. The number of aromatic amines is 2. The van der Waals surface area contributed by atoms with Crippen LogP contribution in [0.25, 0.3) is 21.5 Å². The van der Waals surface area contributed by atoms with Gasteiger partial charge in [0.15, 0.2) is 12.8 Å². The molecule has 10 rings (SSSR count). The summed E-state index contributed by atoms with van der Waals surface area (Å²) < 4.78 is 40.2. The highest BCUT2D eigenvalue weighted by atomic mass is 19.1. The molecule has 0 fully saturated rings. The van der Waals surface area contributed by atoms with Crippen LogP contribution in [0.5, 0.6) is 11.5 Å². The molecule has 8 aromatic carbocycles. The number of hydrogen-bond donors (Lipinski definition) is 4.